The summed E-state index contributed by atoms with van der Waals surface area (Å²) in [5.41, 5.74) is 3.67. The third-order valence-electron chi connectivity index (χ3n) is 3.51. The second-order valence-corrected chi connectivity index (χ2v) is 5.04. The molecule has 5 heteroatoms. The molecule has 0 N–H and O–H groups in total. The minimum Gasteiger partial charge on any atom is -0.304 e. The van der Waals surface area contributed by atoms with Crippen molar-refractivity contribution in [1.82, 2.24) is 24.5 Å². The Labute approximate surface area is 133 Å². The Morgan fingerprint density at radius 1 is 0.739 bits per heavy atom. The van der Waals surface area contributed by atoms with Crippen molar-refractivity contribution in [2.24, 2.45) is 0 Å². The molecule has 0 spiro atoms. The minimum atomic E-state index is 0.709. The van der Waals surface area contributed by atoms with Gasteiger partial charge in [0.25, 0.3) is 0 Å². The molecule has 0 saturated carbocycles. The molecule has 0 unspecified atom stereocenters. The summed E-state index contributed by atoms with van der Waals surface area (Å²) in [5.74, 6) is 0.709. The van der Waals surface area contributed by atoms with Gasteiger partial charge in [-0.25, -0.2) is 15.0 Å². The molecule has 23 heavy (non-hydrogen) atoms. The number of hydrogen-bond acceptors (Lipinski definition) is 4. The third-order valence-corrected chi connectivity index (χ3v) is 3.51. The average Bonchev–Trinajstić information content (AvgIpc) is 3.14. The van der Waals surface area contributed by atoms with E-state index in [1.165, 1.54) is 0 Å². The molecule has 0 aliphatic carbocycles. The lowest BCUT2D eigenvalue weighted by Gasteiger charge is -2.01. The van der Waals surface area contributed by atoms with Crippen molar-refractivity contribution in [2.45, 2.75) is 0 Å². The number of hydrogen-bond donors (Lipinski definition) is 0. The van der Waals surface area contributed by atoms with Gasteiger partial charge >= 0.3 is 0 Å². The number of imidazole rings is 1. The molecular weight excluding hydrogens is 286 g/mol. The van der Waals surface area contributed by atoms with Crippen LogP contribution in [0.4, 0.5) is 0 Å². The normalized spacial score (nSPS) is 10.6. The summed E-state index contributed by atoms with van der Waals surface area (Å²) in [6.45, 7) is 0. The predicted molar refractivity (Wildman–Crippen MR) is 87.8 cm³/mol. The lowest BCUT2D eigenvalue weighted by Crippen LogP contribution is -1.90. The highest BCUT2D eigenvalue weighted by Gasteiger charge is 2.06. The Morgan fingerprint density at radius 3 is 2.30 bits per heavy atom. The Morgan fingerprint density at radius 2 is 1.57 bits per heavy atom. The van der Waals surface area contributed by atoms with Crippen molar-refractivity contribution in [1.29, 1.82) is 0 Å². The van der Waals surface area contributed by atoms with E-state index in [4.69, 9.17) is 0 Å². The predicted octanol–water partition coefficient (Wildman–Crippen LogP) is 3.39. The molecule has 0 saturated heterocycles. The van der Waals surface area contributed by atoms with Crippen molar-refractivity contribution in [2.75, 3.05) is 0 Å². The van der Waals surface area contributed by atoms with E-state index in [1.807, 2.05) is 53.2 Å². The lowest BCUT2D eigenvalue weighted by molar-refractivity contribution is 1.04. The Hall–Kier alpha value is -3.34. The second kappa shape index (κ2) is 5.81. The largest absolute Gasteiger partial charge is 0.304 e. The van der Waals surface area contributed by atoms with Gasteiger partial charge in [-0.2, -0.15) is 0 Å². The van der Waals surface area contributed by atoms with Crippen LogP contribution >= 0.6 is 0 Å². The first-order valence-electron chi connectivity index (χ1n) is 7.22. The van der Waals surface area contributed by atoms with Gasteiger partial charge in [-0.1, -0.05) is 30.3 Å². The Bertz CT molecular complexity index is 899. The lowest BCUT2D eigenvalue weighted by atomic mass is 10.2. The number of pyridine rings is 1. The molecule has 0 radical (unpaired) electrons. The van der Waals surface area contributed by atoms with Gasteiger partial charge in [0.1, 0.15) is 0 Å². The maximum atomic E-state index is 4.43. The highest BCUT2D eigenvalue weighted by molar-refractivity contribution is 5.60. The maximum absolute atomic E-state index is 4.43. The van der Waals surface area contributed by atoms with Crippen LogP contribution < -0.4 is 0 Å². The van der Waals surface area contributed by atoms with Crippen molar-refractivity contribution < 1.29 is 0 Å². The highest BCUT2D eigenvalue weighted by Crippen LogP contribution is 2.19. The maximum Gasteiger partial charge on any atom is 0.159 e. The molecule has 0 fully saturated rings. The van der Waals surface area contributed by atoms with Gasteiger partial charge in [0.05, 0.1) is 23.9 Å². The van der Waals surface area contributed by atoms with Gasteiger partial charge in [0.2, 0.25) is 0 Å². The van der Waals surface area contributed by atoms with E-state index in [2.05, 4.69) is 19.9 Å². The topological polar surface area (TPSA) is 56.5 Å². The zero-order valence-corrected chi connectivity index (χ0v) is 12.2. The summed E-state index contributed by atoms with van der Waals surface area (Å²) in [6.07, 6.45) is 10.8. The van der Waals surface area contributed by atoms with Crippen LogP contribution in [0, 0.1) is 0 Å². The molecule has 110 valence electrons. The molecule has 5 nitrogen and oxygen atoms in total. The van der Waals surface area contributed by atoms with Crippen LogP contribution in [0.5, 0.6) is 0 Å². The standard InChI is InChI=1S/C18H13N5/c1-2-5-14(6-3-1)18-20-9-15(10-21-18)17-12-23(13-22-17)16-7-4-8-19-11-16/h1-13H. The Kier molecular flexibility index (Phi) is 3.37. The highest BCUT2D eigenvalue weighted by atomic mass is 15.0. The summed E-state index contributed by atoms with van der Waals surface area (Å²) in [5, 5.41) is 0. The van der Waals surface area contributed by atoms with Crippen LogP contribution in [0.1, 0.15) is 0 Å². The summed E-state index contributed by atoms with van der Waals surface area (Å²) < 4.78 is 1.92. The van der Waals surface area contributed by atoms with Crippen LogP contribution in [0.15, 0.2) is 79.8 Å². The van der Waals surface area contributed by atoms with Crippen LogP contribution in [-0.4, -0.2) is 24.5 Å². The fraction of sp³-hybridized carbons (Fsp3) is 0. The fourth-order valence-corrected chi connectivity index (χ4v) is 2.32. The first-order chi connectivity index (χ1) is 11.4. The van der Waals surface area contributed by atoms with Crippen LogP contribution in [0.25, 0.3) is 28.3 Å². The van der Waals surface area contributed by atoms with Crippen molar-refractivity contribution in [3.8, 4) is 28.3 Å². The van der Waals surface area contributed by atoms with E-state index >= 15 is 0 Å². The van der Waals surface area contributed by atoms with E-state index in [9.17, 15) is 0 Å². The molecule has 4 rings (SSSR count). The fourth-order valence-electron chi connectivity index (χ4n) is 2.32. The molecule has 0 aliphatic heterocycles. The van der Waals surface area contributed by atoms with Gasteiger partial charge < -0.3 is 4.57 Å². The van der Waals surface area contributed by atoms with E-state index in [0.717, 1.165) is 22.5 Å². The molecule has 3 heterocycles. The first kappa shape index (κ1) is 13.3. The van der Waals surface area contributed by atoms with Crippen LogP contribution in [-0.2, 0) is 0 Å². The third kappa shape index (κ3) is 2.72. The van der Waals surface area contributed by atoms with E-state index in [-0.39, 0.29) is 0 Å². The molecule has 4 aromatic rings. The van der Waals surface area contributed by atoms with E-state index in [0.29, 0.717) is 5.82 Å². The summed E-state index contributed by atoms with van der Waals surface area (Å²) in [6, 6.07) is 13.8. The molecule has 3 aromatic heterocycles. The van der Waals surface area contributed by atoms with Gasteiger partial charge in [-0.15, -0.1) is 0 Å². The number of benzene rings is 1. The number of nitrogens with zero attached hydrogens (tertiary/aromatic N) is 5. The van der Waals surface area contributed by atoms with Crippen LogP contribution in [0.2, 0.25) is 0 Å². The molecule has 0 atom stereocenters. The second-order valence-electron chi connectivity index (χ2n) is 5.04. The van der Waals surface area contributed by atoms with Gasteiger partial charge in [0.15, 0.2) is 5.82 Å². The zero-order valence-electron chi connectivity index (χ0n) is 12.2. The quantitative estimate of drug-likeness (QED) is 0.582. The zero-order chi connectivity index (χ0) is 15.5. The van der Waals surface area contributed by atoms with Gasteiger partial charge in [-0.05, 0) is 12.1 Å². The summed E-state index contributed by atoms with van der Waals surface area (Å²) >= 11 is 0. The molecule has 0 aliphatic rings. The smallest absolute Gasteiger partial charge is 0.159 e. The summed E-state index contributed by atoms with van der Waals surface area (Å²) in [7, 11) is 0. The monoisotopic (exact) mass is 299 g/mol. The number of rotatable bonds is 3. The van der Waals surface area contributed by atoms with Crippen molar-refractivity contribution in [3.63, 3.8) is 0 Å². The van der Waals surface area contributed by atoms with Crippen molar-refractivity contribution >= 4 is 0 Å². The summed E-state index contributed by atoms with van der Waals surface area (Å²) in [4.78, 5) is 17.4. The molecular formula is C18H13N5. The molecule has 1 aromatic carbocycles. The SMILES string of the molecule is c1ccc(-c2ncc(-c3cn(-c4cccnc4)cn3)cn2)cc1. The van der Waals surface area contributed by atoms with Crippen molar-refractivity contribution in [3.05, 3.63) is 79.8 Å². The van der Waals surface area contributed by atoms with Gasteiger partial charge in [-0.3, -0.25) is 4.98 Å². The average molecular weight is 299 g/mol. The molecule has 0 bridgehead atoms. The number of aromatic nitrogens is 5. The van der Waals surface area contributed by atoms with E-state index < -0.39 is 0 Å². The Balaban J connectivity index is 1.63. The molecule has 0 amide bonds. The van der Waals surface area contributed by atoms with E-state index in [1.54, 1.807) is 31.1 Å². The minimum absolute atomic E-state index is 0.709. The van der Waals surface area contributed by atoms with Crippen LogP contribution in [0.3, 0.4) is 0 Å². The first-order valence-corrected chi connectivity index (χ1v) is 7.22. The van der Waals surface area contributed by atoms with Gasteiger partial charge in [0, 0.05) is 35.9 Å².